The maximum Gasteiger partial charge on any atom is 0.147 e. The summed E-state index contributed by atoms with van der Waals surface area (Å²) in [7, 11) is 0. The minimum atomic E-state index is 0.509. The van der Waals surface area contributed by atoms with E-state index in [0.717, 1.165) is 23.6 Å². The average molecular weight is 365 g/mol. The second-order valence-electron chi connectivity index (χ2n) is 7.39. The lowest BCUT2D eigenvalue weighted by molar-refractivity contribution is 0.289. The molecule has 0 aliphatic heterocycles. The quantitative estimate of drug-likeness (QED) is 0.355. The Morgan fingerprint density at radius 3 is 2.48 bits per heavy atom. The number of nitrogens with zero attached hydrogens (tertiary/aromatic N) is 2. The zero-order valence-electron chi connectivity index (χ0n) is 16.8. The Balaban J connectivity index is 1.62. The number of rotatable bonds is 11. The second-order valence-corrected chi connectivity index (χ2v) is 7.39. The van der Waals surface area contributed by atoms with Crippen LogP contribution in [0.15, 0.2) is 48.5 Å². The Morgan fingerprint density at radius 2 is 1.67 bits per heavy atom. The van der Waals surface area contributed by atoms with Gasteiger partial charge in [-0.1, -0.05) is 69.7 Å². The molecule has 144 valence electrons. The molecule has 0 unspecified atom stereocenters. The highest BCUT2D eigenvalue weighted by Crippen LogP contribution is 2.20. The van der Waals surface area contributed by atoms with E-state index in [9.17, 15) is 0 Å². The van der Waals surface area contributed by atoms with Gasteiger partial charge in [0, 0.05) is 6.54 Å². The van der Waals surface area contributed by atoms with Crippen molar-refractivity contribution in [2.45, 2.75) is 71.9 Å². The first kappa shape index (κ1) is 19.5. The molecule has 0 radical (unpaired) electrons. The molecule has 3 rings (SSSR count). The average Bonchev–Trinajstić information content (AvgIpc) is 3.03. The molecule has 0 N–H and O–H groups in total. The number of unbranched alkanes of at least 4 members (excludes halogenated alkanes) is 6. The summed E-state index contributed by atoms with van der Waals surface area (Å²) in [6, 6.07) is 16.6. The number of ether oxygens (including phenoxy) is 1. The molecular weight excluding hydrogens is 332 g/mol. The Bertz CT molecular complexity index is 837. The van der Waals surface area contributed by atoms with Gasteiger partial charge in [0.1, 0.15) is 18.2 Å². The molecule has 0 saturated heterocycles. The number of hydrogen-bond acceptors (Lipinski definition) is 2. The summed E-state index contributed by atoms with van der Waals surface area (Å²) < 4.78 is 8.38. The Morgan fingerprint density at radius 1 is 0.889 bits per heavy atom. The van der Waals surface area contributed by atoms with Crippen molar-refractivity contribution in [3.63, 3.8) is 0 Å². The molecule has 27 heavy (non-hydrogen) atoms. The van der Waals surface area contributed by atoms with E-state index < -0.39 is 0 Å². The lowest BCUT2D eigenvalue weighted by Crippen LogP contribution is -2.07. The first-order valence-corrected chi connectivity index (χ1v) is 10.4. The highest BCUT2D eigenvalue weighted by atomic mass is 16.5. The molecule has 1 heterocycles. The molecule has 0 fully saturated rings. The summed E-state index contributed by atoms with van der Waals surface area (Å²) in [5, 5.41) is 0. The van der Waals surface area contributed by atoms with Crippen molar-refractivity contribution in [3.05, 3.63) is 59.9 Å². The zero-order valence-corrected chi connectivity index (χ0v) is 16.8. The van der Waals surface area contributed by atoms with Crippen molar-refractivity contribution in [1.29, 1.82) is 0 Å². The summed E-state index contributed by atoms with van der Waals surface area (Å²) in [4.78, 5) is 4.83. The van der Waals surface area contributed by atoms with Gasteiger partial charge in [-0.15, -0.1) is 0 Å². The van der Waals surface area contributed by atoms with E-state index in [0.29, 0.717) is 6.61 Å². The number of benzene rings is 2. The van der Waals surface area contributed by atoms with Crippen LogP contribution in [0, 0.1) is 6.92 Å². The summed E-state index contributed by atoms with van der Waals surface area (Å²) in [6.45, 7) is 5.88. The van der Waals surface area contributed by atoms with Crippen molar-refractivity contribution in [1.82, 2.24) is 9.55 Å². The SMILES string of the molecule is CCCCCCCCCn1c(COc2cccc(C)c2)nc2ccccc21. The topological polar surface area (TPSA) is 27.1 Å². The number of fused-ring (bicyclic) bond motifs is 1. The maximum atomic E-state index is 6.03. The monoisotopic (exact) mass is 364 g/mol. The normalized spacial score (nSPS) is 11.2. The smallest absolute Gasteiger partial charge is 0.147 e. The van der Waals surface area contributed by atoms with E-state index in [1.807, 2.05) is 12.1 Å². The van der Waals surface area contributed by atoms with Gasteiger partial charge in [-0.2, -0.15) is 0 Å². The van der Waals surface area contributed by atoms with Crippen LogP contribution in [-0.4, -0.2) is 9.55 Å². The van der Waals surface area contributed by atoms with Crippen molar-refractivity contribution < 1.29 is 4.74 Å². The van der Waals surface area contributed by atoms with Gasteiger partial charge < -0.3 is 9.30 Å². The molecule has 0 amide bonds. The number of imidazole rings is 1. The van der Waals surface area contributed by atoms with Crippen LogP contribution in [0.2, 0.25) is 0 Å². The van der Waals surface area contributed by atoms with Crippen molar-refractivity contribution in [2.24, 2.45) is 0 Å². The molecule has 0 atom stereocenters. The van der Waals surface area contributed by atoms with Gasteiger partial charge in [-0.3, -0.25) is 0 Å². The molecule has 0 aliphatic carbocycles. The van der Waals surface area contributed by atoms with Crippen LogP contribution in [0.25, 0.3) is 11.0 Å². The van der Waals surface area contributed by atoms with E-state index in [4.69, 9.17) is 9.72 Å². The predicted molar refractivity (Wildman–Crippen MR) is 113 cm³/mol. The van der Waals surface area contributed by atoms with E-state index in [1.54, 1.807) is 0 Å². The summed E-state index contributed by atoms with van der Waals surface area (Å²) >= 11 is 0. The molecule has 0 aliphatic rings. The highest BCUT2D eigenvalue weighted by molar-refractivity contribution is 5.75. The van der Waals surface area contributed by atoms with Crippen LogP contribution in [0.1, 0.15) is 63.3 Å². The standard InChI is InChI=1S/C24H32N2O/c1-3-4-5-6-7-8-11-17-26-23-16-10-9-15-22(23)25-24(26)19-27-21-14-12-13-20(2)18-21/h9-10,12-16,18H,3-8,11,17,19H2,1-2H3. The Kier molecular flexibility index (Phi) is 7.32. The third-order valence-electron chi connectivity index (χ3n) is 5.08. The van der Waals surface area contributed by atoms with Crippen molar-refractivity contribution in [3.8, 4) is 5.75 Å². The maximum absolute atomic E-state index is 6.03. The van der Waals surface area contributed by atoms with Crippen LogP contribution in [0.3, 0.4) is 0 Å². The lowest BCUT2D eigenvalue weighted by Gasteiger charge is -2.11. The van der Waals surface area contributed by atoms with Crippen LogP contribution >= 0.6 is 0 Å². The number of hydrogen-bond donors (Lipinski definition) is 0. The lowest BCUT2D eigenvalue weighted by atomic mass is 10.1. The molecular formula is C24H32N2O. The fraction of sp³-hybridized carbons (Fsp3) is 0.458. The molecule has 0 spiro atoms. The van der Waals surface area contributed by atoms with E-state index in [-0.39, 0.29) is 0 Å². The molecule has 3 heteroatoms. The fourth-order valence-corrected chi connectivity index (χ4v) is 3.57. The first-order valence-electron chi connectivity index (χ1n) is 10.4. The minimum absolute atomic E-state index is 0.509. The van der Waals surface area contributed by atoms with Gasteiger partial charge in [0.25, 0.3) is 0 Å². The Hall–Kier alpha value is -2.29. The highest BCUT2D eigenvalue weighted by Gasteiger charge is 2.11. The number of para-hydroxylation sites is 2. The second kappa shape index (κ2) is 10.1. The van der Waals surface area contributed by atoms with E-state index >= 15 is 0 Å². The fourth-order valence-electron chi connectivity index (χ4n) is 3.57. The van der Waals surface area contributed by atoms with Crippen molar-refractivity contribution >= 4 is 11.0 Å². The van der Waals surface area contributed by atoms with Crippen LogP contribution in [-0.2, 0) is 13.2 Å². The molecule has 0 bridgehead atoms. The van der Waals surface area contributed by atoms with Crippen LogP contribution in [0.4, 0.5) is 0 Å². The van der Waals surface area contributed by atoms with Crippen LogP contribution in [0.5, 0.6) is 5.75 Å². The molecule has 3 aromatic rings. The summed E-state index contributed by atoms with van der Waals surface area (Å²) in [6.07, 6.45) is 9.24. The largest absolute Gasteiger partial charge is 0.486 e. The molecule has 2 aromatic carbocycles. The van der Waals surface area contributed by atoms with Crippen molar-refractivity contribution in [2.75, 3.05) is 0 Å². The predicted octanol–water partition coefficient (Wildman–Crippen LogP) is 6.67. The zero-order chi connectivity index (χ0) is 18.9. The van der Waals surface area contributed by atoms with Gasteiger partial charge in [0.05, 0.1) is 11.0 Å². The summed E-state index contributed by atoms with van der Waals surface area (Å²) in [5.74, 6) is 1.92. The van der Waals surface area contributed by atoms with E-state index in [1.165, 1.54) is 56.0 Å². The molecule has 1 aromatic heterocycles. The minimum Gasteiger partial charge on any atom is -0.486 e. The molecule has 0 saturated carbocycles. The van der Waals surface area contributed by atoms with Gasteiger partial charge in [-0.05, 0) is 43.2 Å². The third kappa shape index (κ3) is 5.59. The van der Waals surface area contributed by atoms with Gasteiger partial charge in [-0.25, -0.2) is 4.98 Å². The van der Waals surface area contributed by atoms with E-state index in [2.05, 4.69) is 54.8 Å². The van der Waals surface area contributed by atoms with Crippen LogP contribution < -0.4 is 4.74 Å². The van der Waals surface area contributed by atoms with Gasteiger partial charge >= 0.3 is 0 Å². The Labute approximate surface area is 163 Å². The molecule has 3 nitrogen and oxygen atoms in total. The summed E-state index contributed by atoms with van der Waals surface area (Å²) in [5.41, 5.74) is 3.48. The number of aromatic nitrogens is 2. The van der Waals surface area contributed by atoms with Gasteiger partial charge in [0.2, 0.25) is 0 Å². The number of aryl methyl sites for hydroxylation is 2. The first-order chi connectivity index (χ1) is 13.3. The van der Waals surface area contributed by atoms with Gasteiger partial charge in [0.15, 0.2) is 0 Å². The third-order valence-corrected chi connectivity index (χ3v) is 5.08.